The Bertz CT molecular complexity index is 410. The van der Waals surface area contributed by atoms with Crippen LogP contribution in [0.1, 0.15) is 55.7 Å². The molecule has 0 aliphatic heterocycles. The van der Waals surface area contributed by atoms with Gasteiger partial charge in [0.15, 0.2) is 0 Å². The van der Waals surface area contributed by atoms with Crippen LogP contribution < -0.4 is 5.32 Å². The third kappa shape index (κ3) is 4.24. The molecule has 0 spiro atoms. The molecule has 20 heavy (non-hydrogen) atoms. The fourth-order valence-electron chi connectivity index (χ4n) is 3.30. The van der Waals surface area contributed by atoms with E-state index in [0.717, 1.165) is 36.1 Å². The average molecular weight is 275 g/mol. The highest BCUT2D eigenvalue weighted by molar-refractivity contribution is 5.42. The zero-order valence-electron chi connectivity index (χ0n) is 13.2. The molecule has 1 saturated carbocycles. The first-order chi connectivity index (χ1) is 9.56. The van der Waals surface area contributed by atoms with Crippen LogP contribution >= 0.6 is 0 Å². The third-order valence-corrected chi connectivity index (χ3v) is 4.74. The monoisotopic (exact) mass is 275 g/mol. The van der Waals surface area contributed by atoms with Crippen LogP contribution in [-0.4, -0.2) is 11.7 Å². The molecule has 0 unspecified atom stereocenters. The van der Waals surface area contributed by atoms with Crippen molar-refractivity contribution in [2.75, 3.05) is 6.54 Å². The Morgan fingerprint density at radius 2 is 1.70 bits per heavy atom. The maximum absolute atomic E-state index is 9.77. The summed E-state index contributed by atoms with van der Waals surface area (Å²) in [5.74, 6) is 2.31. The fraction of sp³-hybridized carbons (Fsp3) is 0.667. The van der Waals surface area contributed by atoms with Crippen molar-refractivity contribution in [2.24, 2.45) is 11.8 Å². The number of phenolic OH excluding ortho intramolecular Hbond substituents is 1. The van der Waals surface area contributed by atoms with Gasteiger partial charge in [0.1, 0.15) is 5.75 Å². The van der Waals surface area contributed by atoms with Gasteiger partial charge in [-0.05, 0) is 55.3 Å². The van der Waals surface area contributed by atoms with E-state index >= 15 is 0 Å². The first-order valence-corrected chi connectivity index (χ1v) is 8.06. The molecule has 1 aromatic rings. The van der Waals surface area contributed by atoms with Crippen LogP contribution in [0.3, 0.4) is 0 Å². The largest absolute Gasteiger partial charge is 0.507 e. The van der Waals surface area contributed by atoms with Gasteiger partial charge in [0.25, 0.3) is 0 Å². The lowest BCUT2D eigenvalue weighted by molar-refractivity contribution is 0.275. The molecule has 2 rings (SSSR count). The molecule has 112 valence electrons. The van der Waals surface area contributed by atoms with Crippen molar-refractivity contribution in [3.63, 3.8) is 0 Å². The Hall–Kier alpha value is -1.02. The van der Waals surface area contributed by atoms with Crippen LogP contribution in [0.4, 0.5) is 0 Å². The maximum atomic E-state index is 9.77. The van der Waals surface area contributed by atoms with Crippen molar-refractivity contribution in [3.8, 4) is 5.75 Å². The van der Waals surface area contributed by atoms with Gasteiger partial charge in [-0.1, -0.05) is 44.7 Å². The van der Waals surface area contributed by atoms with Crippen molar-refractivity contribution in [2.45, 2.75) is 59.4 Å². The Balaban J connectivity index is 1.71. The highest BCUT2D eigenvalue weighted by atomic mass is 16.3. The summed E-state index contributed by atoms with van der Waals surface area (Å²) < 4.78 is 0. The number of benzene rings is 1. The van der Waals surface area contributed by atoms with E-state index in [0.29, 0.717) is 5.75 Å². The van der Waals surface area contributed by atoms with Crippen LogP contribution in [0.15, 0.2) is 12.1 Å². The van der Waals surface area contributed by atoms with Crippen LogP contribution in [-0.2, 0) is 6.54 Å². The summed E-state index contributed by atoms with van der Waals surface area (Å²) >= 11 is 0. The molecular formula is C18H29NO. The smallest absolute Gasteiger partial charge is 0.121 e. The topological polar surface area (TPSA) is 32.3 Å². The van der Waals surface area contributed by atoms with Crippen LogP contribution in [0.2, 0.25) is 0 Å². The van der Waals surface area contributed by atoms with E-state index < -0.39 is 0 Å². The summed E-state index contributed by atoms with van der Waals surface area (Å²) in [6, 6.07) is 4.16. The second-order valence-electron chi connectivity index (χ2n) is 6.67. The second-order valence-corrected chi connectivity index (χ2v) is 6.67. The van der Waals surface area contributed by atoms with E-state index in [4.69, 9.17) is 0 Å². The molecule has 1 aliphatic rings. The summed E-state index contributed by atoms with van der Waals surface area (Å²) in [5.41, 5.74) is 3.22. The lowest BCUT2D eigenvalue weighted by atomic mass is 9.81. The lowest BCUT2D eigenvalue weighted by Gasteiger charge is -2.26. The van der Waals surface area contributed by atoms with Gasteiger partial charge < -0.3 is 10.4 Å². The van der Waals surface area contributed by atoms with Gasteiger partial charge in [0.05, 0.1) is 0 Å². The molecule has 0 bridgehead atoms. The number of aryl methyl sites for hydroxylation is 2. The lowest BCUT2D eigenvalue weighted by Crippen LogP contribution is -2.20. The quantitative estimate of drug-likeness (QED) is 0.785. The molecule has 0 atom stereocenters. The van der Waals surface area contributed by atoms with Gasteiger partial charge in [0, 0.05) is 6.54 Å². The molecule has 1 fully saturated rings. The van der Waals surface area contributed by atoms with Crippen LogP contribution in [0, 0.1) is 25.7 Å². The SMILES string of the molecule is Cc1cc(CNCCC2CCC(C)CC2)cc(C)c1O. The van der Waals surface area contributed by atoms with Crippen LogP contribution in [0.25, 0.3) is 0 Å². The van der Waals surface area contributed by atoms with Gasteiger partial charge in [-0.2, -0.15) is 0 Å². The van der Waals surface area contributed by atoms with Gasteiger partial charge >= 0.3 is 0 Å². The first-order valence-electron chi connectivity index (χ1n) is 8.06. The summed E-state index contributed by atoms with van der Waals surface area (Å²) in [7, 11) is 0. The number of nitrogens with one attached hydrogen (secondary N) is 1. The Kier molecular flexibility index (Phi) is 5.47. The van der Waals surface area contributed by atoms with E-state index in [1.807, 2.05) is 13.8 Å². The average Bonchev–Trinajstić information content (AvgIpc) is 2.43. The summed E-state index contributed by atoms with van der Waals surface area (Å²) in [6.45, 7) is 8.33. The third-order valence-electron chi connectivity index (χ3n) is 4.74. The summed E-state index contributed by atoms with van der Waals surface area (Å²) in [4.78, 5) is 0. The van der Waals surface area contributed by atoms with Gasteiger partial charge in [-0.3, -0.25) is 0 Å². The van der Waals surface area contributed by atoms with Gasteiger partial charge in [-0.15, -0.1) is 0 Å². The molecule has 0 amide bonds. The predicted octanol–water partition coefficient (Wildman–Crippen LogP) is 4.32. The highest BCUT2D eigenvalue weighted by Crippen LogP contribution is 2.30. The highest BCUT2D eigenvalue weighted by Gasteiger charge is 2.17. The molecule has 2 nitrogen and oxygen atoms in total. The molecule has 0 radical (unpaired) electrons. The summed E-state index contributed by atoms with van der Waals surface area (Å²) in [6.07, 6.45) is 6.98. The number of phenols is 1. The number of rotatable bonds is 5. The normalized spacial score (nSPS) is 22.9. The molecule has 1 aromatic carbocycles. The number of hydrogen-bond acceptors (Lipinski definition) is 2. The Morgan fingerprint density at radius 1 is 1.10 bits per heavy atom. The fourth-order valence-corrected chi connectivity index (χ4v) is 3.30. The predicted molar refractivity (Wildman–Crippen MR) is 85.0 cm³/mol. The van der Waals surface area contributed by atoms with Gasteiger partial charge in [0.2, 0.25) is 0 Å². The number of hydrogen-bond donors (Lipinski definition) is 2. The van der Waals surface area contributed by atoms with Crippen molar-refractivity contribution < 1.29 is 5.11 Å². The van der Waals surface area contributed by atoms with Crippen molar-refractivity contribution in [3.05, 3.63) is 28.8 Å². The zero-order valence-corrected chi connectivity index (χ0v) is 13.2. The Morgan fingerprint density at radius 3 is 2.30 bits per heavy atom. The van der Waals surface area contributed by atoms with Crippen LogP contribution in [0.5, 0.6) is 5.75 Å². The van der Waals surface area contributed by atoms with E-state index in [-0.39, 0.29) is 0 Å². The minimum Gasteiger partial charge on any atom is -0.507 e. The minimum absolute atomic E-state index is 0.435. The standard InChI is InChI=1S/C18H29NO/c1-13-4-6-16(7-5-13)8-9-19-12-17-10-14(2)18(20)15(3)11-17/h10-11,13,16,19-20H,4-9,12H2,1-3H3. The van der Waals surface area contributed by atoms with E-state index in [2.05, 4.69) is 24.4 Å². The van der Waals surface area contributed by atoms with Crippen molar-refractivity contribution in [1.29, 1.82) is 0 Å². The molecular weight excluding hydrogens is 246 g/mol. The summed E-state index contributed by atoms with van der Waals surface area (Å²) in [5, 5.41) is 13.3. The molecule has 0 saturated heterocycles. The maximum Gasteiger partial charge on any atom is 0.121 e. The molecule has 0 aromatic heterocycles. The molecule has 1 aliphatic carbocycles. The first kappa shape index (κ1) is 15.4. The molecule has 2 heteroatoms. The van der Waals surface area contributed by atoms with E-state index in [9.17, 15) is 5.11 Å². The van der Waals surface area contributed by atoms with E-state index in [1.54, 1.807) is 0 Å². The van der Waals surface area contributed by atoms with Crippen molar-refractivity contribution in [1.82, 2.24) is 5.32 Å². The van der Waals surface area contributed by atoms with E-state index in [1.165, 1.54) is 37.7 Å². The minimum atomic E-state index is 0.435. The molecule has 2 N–H and O–H groups in total. The Labute approximate surface area is 123 Å². The molecule has 0 heterocycles. The number of aromatic hydroxyl groups is 1. The second kappa shape index (κ2) is 7.12. The zero-order chi connectivity index (χ0) is 14.5. The van der Waals surface area contributed by atoms with Crippen molar-refractivity contribution >= 4 is 0 Å². The van der Waals surface area contributed by atoms with Gasteiger partial charge in [-0.25, -0.2) is 0 Å².